The van der Waals surface area contributed by atoms with Crippen LogP contribution in [0.1, 0.15) is 30.4 Å². The number of nitrogens with one attached hydrogen (secondary N) is 1. The zero-order chi connectivity index (χ0) is 29.9. The Bertz CT molecular complexity index is 1640. The number of ether oxygens (including phenoxy) is 2. The summed E-state index contributed by atoms with van der Waals surface area (Å²) in [6.45, 7) is 4.88. The van der Waals surface area contributed by atoms with E-state index in [4.69, 9.17) is 9.47 Å². The Kier molecular flexibility index (Phi) is 8.76. The summed E-state index contributed by atoms with van der Waals surface area (Å²) in [5.41, 5.74) is 2.18. The van der Waals surface area contributed by atoms with Gasteiger partial charge in [0.15, 0.2) is 6.10 Å². The highest BCUT2D eigenvalue weighted by molar-refractivity contribution is 7.92. The maximum atomic E-state index is 13.6. The highest BCUT2D eigenvalue weighted by Gasteiger charge is 2.37. The minimum absolute atomic E-state index is 0.123. The molecule has 12 heteroatoms. The smallest absolute Gasteiger partial charge is 0.264 e. The number of rotatable bonds is 9. The Labute approximate surface area is 247 Å². The van der Waals surface area contributed by atoms with E-state index in [1.807, 2.05) is 13.8 Å². The van der Waals surface area contributed by atoms with Crippen molar-refractivity contribution in [2.45, 2.75) is 49.0 Å². The summed E-state index contributed by atoms with van der Waals surface area (Å²) in [7, 11) is -7.48. The zero-order valence-electron chi connectivity index (χ0n) is 23.7. The fraction of sp³-hybridized carbons (Fsp3) is 0.367. The van der Waals surface area contributed by atoms with Crippen molar-refractivity contribution in [3.8, 4) is 11.5 Å². The fourth-order valence-corrected chi connectivity index (χ4v) is 7.97. The summed E-state index contributed by atoms with van der Waals surface area (Å²) in [4.78, 5) is 13.4. The summed E-state index contributed by atoms with van der Waals surface area (Å²) in [5.74, 6) is 0.307. The van der Waals surface area contributed by atoms with Gasteiger partial charge in [0.2, 0.25) is 10.0 Å². The Hall–Kier alpha value is -3.61. The standard InChI is InChI=1S/C30H35N3O7S2/c1-22-6-11-26(12-7-22)42(37,38)33-21-29(40-28-20-23(2)8-15-27(28)33)30(34)31-16-19-39-24-9-13-25(14-10-24)41(35,36)32-17-4-3-5-18-32/h6-15,20,29H,3-5,16-19,21H2,1-2H3,(H,31,34)/t29-/m1/s1. The number of nitrogens with zero attached hydrogens (tertiary/aromatic N) is 2. The molecule has 3 aromatic carbocycles. The van der Waals surface area contributed by atoms with Gasteiger partial charge in [-0.05, 0) is 80.8 Å². The lowest BCUT2D eigenvalue weighted by atomic mass is 10.1. The van der Waals surface area contributed by atoms with Gasteiger partial charge in [-0.15, -0.1) is 0 Å². The molecule has 10 nitrogen and oxygen atoms in total. The average Bonchev–Trinajstić information content (AvgIpc) is 2.99. The Morgan fingerprint density at radius 3 is 2.17 bits per heavy atom. The van der Waals surface area contributed by atoms with E-state index in [-0.39, 0.29) is 29.5 Å². The summed E-state index contributed by atoms with van der Waals surface area (Å²) < 4.78 is 67.2. The van der Waals surface area contributed by atoms with E-state index in [1.54, 1.807) is 54.6 Å². The van der Waals surface area contributed by atoms with Crippen molar-refractivity contribution in [1.29, 1.82) is 0 Å². The maximum absolute atomic E-state index is 13.6. The second kappa shape index (κ2) is 12.3. The molecule has 0 aliphatic carbocycles. The van der Waals surface area contributed by atoms with Crippen molar-refractivity contribution >= 4 is 31.6 Å². The third-order valence-electron chi connectivity index (χ3n) is 7.33. The minimum Gasteiger partial charge on any atom is -0.492 e. The van der Waals surface area contributed by atoms with Gasteiger partial charge in [0.1, 0.15) is 18.1 Å². The second-order valence-corrected chi connectivity index (χ2v) is 14.3. The lowest BCUT2D eigenvalue weighted by Gasteiger charge is -2.35. The number of aryl methyl sites for hydroxylation is 2. The summed E-state index contributed by atoms with van der Waals surface area (Å²) in [6.07, 6.45) is 1.70. The molecular formula is C30H35N3O7S2. The van der Waals surface area contributed by atoms with Gasteiger partial charge in [-0.1, -0.05) is 30.2 Å². The third-order valence-corrected chi connectivity index (χ3v) is 11.0. The van der Waals surface area contributed by atoms with E-state index < -0.39 is 32.1 Å². The maximum Gasteiger partial charge on any atom is 0.264 e. The number of amides is 1. The van der Waals surface area contributed by atoms with Crippen LogP contribution in [0.25, 0.3) is 0 Å². The number of anilines is 1. The zero-order valence-corrected chi connectivity index (χ0v) is 25.3. The van der Waals surface area contributed by atoms with Gasteiger partial charge in [0.05, 0.1) is 28.6 Å². The topological polar surface area (TPSA) is 122 Å². The molecule has 1 amide bonds. The van der Waals surface area contributed by atoms with Crippen LogP contribution in [-0.4, -0.2) is 65.9 Å². The van der Waals surface area contributed by atoms with Crippen LogP contribution in [-0.2, 0) is 24.8 Å². The van der Waals surface area contributed by atoms with Crippen LogP contribution in [0.4, 0.5) is 5.69 Å². The first-order chi connectivity index (χ1) is 20.1. The largest absolute Gasteiger partial charge is 0.492 e. The third kappa shape index (κ3) is 6.40. The monoisotopic (exact) mass is 613 g/mol. The number of carbonyl (C=O) groups excluding carboxylic acids is 1. The van der Waals surface area contributed by atoms with Crippen LogP contribution in [0, 0.1) is 13.8 Å². The molecule has 3 aromatic rings. The lowest BCUT2D eigenvalue weighted by Crippen LogP contribution is -2.51. The number of fused-ring (bicyclic) bond motifs is 1. The minimum atomic E-state index is -3.95. The van der Waals surface area contributed by atoms with E-state index in [9.17, 15) is 21.6 Å². The molecule has 1 saturated heterocycles. The van der Waals surface area contributed by atoms with Crippen LogP contribution in [0.2, 0.25) is 0 Å². The fourth-order valence-electron chi connectivity index (χ4n) is 4.98. The summed E-state index contributed by atoms with van der Waals surface area (Å²) in [6, 6.07) is 18.0. The van der Waals surface area contributed by atoms with E-state index in [0.717, 1.165) is 30.4 Å². The van der Waals surface area contributed by atoms with E-state index >= 15 is 0 Å². The van der Waals surface area contributed by atoms with Gasteiger partial charge in [0.25, 0.3) is 15.9 Å². The number of hydrogen-bond acceptors (Lipinski definition) is 7. The molecule has 0 bridgehead atoms. The van der Waals surface area contributed by atoms with Crippen molar-refractivity contribution in [3.05, 3.63) is 77.9 Å². The molecule has 0 aromatic heterocycles. The molecule has 0 radical (unpaired) electrons. The first-order valence-corrected chi connectivity index (χ1v) is 16.8. The first-order valence-electron chi connectivity index (χ1n) is 13.9. The number of sulfonamides is 2. The first kappa shape index (κ1) is 29.9. The van der Waals surface area contributed by atoms with Gasteiger partial charge in [-0.2, -0.15) is 4.31 Å². The Morgan fingerprint density at radius 1 is 0.857 bits per heavy atom. The van der Waals surface area contributed by atoms with Crippen molar-refractivity contribution in [2.75, 3.05) is 37.1 Å². The molecule has 2 aliphatic heterocycles. The summed E-state index contributed by atoms with van der Waals surface area (Å²) >= 11 is 0. The number of carbonyl (C=O) groups is 1. The number of benzene rings is 3. The molecule has 1 atom stereocenters. The van der Waals surface area contributed by atoms with Crippen LogP contribution >= 0.6 is 0 Å². The quantitative estimate of drug-likeness (QED) is 0.366. The highest BCUT2D eigenvalue weighted by Crippen LogP contribution is 2.37. The van der Waals surface area contributed by atoms with Crippen LogP contribution in [0.3, 0.4) is 0 Å². The van der Waals surface area contributed by atoms with Gasteiger partial charge in [-0.25, -0.2) is 16.8 Å². The molecule has 1 fully saturated rings. The van der Waals surface area contributed by atoms with Crippen molar-refractivity contribution in [3.63, 3.8) is 0 Å². The van der Waals surface area contributed by atoms with Gasteiger partial charge in [-0.3, -0.25) is 9.10 Å². The van der Waals surface area contributed by atoms with Crippen molar-refractivity contribution in [2.24, 2.45) is 0 Å². The van der Waals surface area contributed by atoms with Gasteiger partial charge >= 0.3 is 0 Å². The van der Waals surface area contributed by atoms with E-state index in [1.165, 1.54) is 20.7 Å². The molecule has 0 unspecified atom stereocenters. The summed E-state index contributed by atoms with van der Waals surface area (Å²) in [5, 5.41) is 2.75. The number of piperidine rings is 1. The Balaban J connectivity index is 1.20. The van der Waals surface area contributed by atoms with Crippen molar-refractivity contribution < 1.29 is 31.1 Å². The predicted molar refractivity (Wildman–Crippen MR) is 159 cm³/mol. The van der Waals surface area contributed by atoms with Gasteiger partial charge in [0, 0.05) is 13.1 Å². The Morgan fingerprint density at radius 2 is 1.48 bits per heavy atom. The molecule has 0 spiro atoms. The highest BCUT2D eigenvalue weighted by atomic mass is 32.2. The molecule has 42 heavy (non-hydrogen) atoms. The lowest BCUT2D eigenvalue weighted by molar-refractivity contribution is -0.127. The number of hydrogen-bond donors (Lipinski definition) is 1. The van der Waals surface area contributed by atoms with Crippen molar-refractivity contribution in [1.82, 2.24) is 9.62 Å². The average molecular weight is 614 g/mol. The second-order valence-electron chi connectivity index (χ2n) is 10.5. The molecular weight excluding hydrogens is 578 g/mol. The molecule has 5 rings (SSSR count). The molecule has 224 valence electrons. The normalized spacial score (nSPS) is 17.7. The van der Waals surface area contributed by atoms with Gasteiger partial charge < -0.3 is 14.8 Å². The van der Waals surface area contributed by atoms with E-state index in [2.05, 4.69) is 5.32 Å². The van der Waals surface area contributed by atoms with Crippen LogP contribution in [0.5, 0.6) is 11.5 Å². The van der Waals surface area contributed by atoms with Crippen LogP contribution < -0.4 is 19.1 Å². The molecule has 1 N–H and O–H groups in total. The van der Waals surface area contributed by atoms with Crippen LogP contribution in [0.15, 0.2) is 76.5 Å². The molecule has 2 aliphatic rings. The van der Waals surface area contributed by atoms with E-state index in [0.29, 0.717) is 30.3 Å². The SMILES string of the molecule is Cc1ccc(S(=O)(=O)N2C[C@H](C(=O)NCCOc3ccc(S(=O)(=O)N4CCCCC4)cc3)Oc3cc(C)ccc32)cc1. The molecule has 2 heterocycles. The predicted octanol–water partition coefficient (Wildman–Crippen LogP) is 3.63. The molecule has 0 saturated carbocycles.